The van der Waals surface area contributed by atoms with Crippen molar-refractivity contribution in [1.29, 1.82) is 0 Å². The maximum atomic E-state index is 12.1. The van der Waals surface area contributed by atoms with Crippen LogP contribution in [0.5, 0.6) is 0 Å². The van der Waals surface area contributed by atoms with Gasteiger partial charge in [-0.25, -0.2) is 0 Å². The van der Waals surface area contributed by atoms with Crippen LogP contribution in [0.3, 0.4) is 0 Å². The first-order chi connectivity index (χ1) is 10.5. The number of nitrogens with zero attached hydrogens (tertiary/aromatic N) is 1. The Morgan fingerprint density at radius 2 is 2.05 bits per heavy atom. The summed E-state index contributed by atoms with van der Waals surface area (Å²) in [6, 6.07) is 6.38. The second-order valence-electron chi connectivity index (χ2n) is 5.16. The number of nitrogens with one attached hydrogen (secondary N) is 2. The maximum Gasteiger partial charge on any atom is 0.257 e. The molecule has 6 nitrogen and oxygen atoms in total. The van der Waals surface area contributed by atoms with Crippen molar-refractivity contribution in [2.75, 3.05) is 6.54 Å². The van der Waals surface area contributed by atoms with Crippen molar-refractivity contribution in [2.24, 2.45) is 0 Å². The highest BCUT2D eigenvalue weighted by Gasteiger charge is 2.13. The molecule has 0 aliphatic heterocycles. The number of pyridine rings is 2. The number of H-pyrrole nitrogens is 1. The van der Waals surface area contributed by atoms with Gasteiger partial charge in [-0.3, -0.25) is 14.4 Å². The van der Waals surface area contributed by atoms with Gasteiger partial charge >= 0.3 is 0 Å². The first kappa shape index (κ1) is 15.8. The molecule has 1 amide bonds. The zero-order valence-corrected chi connectivity index (χ0v) is 12.7. The maximum absolute atomic E-state index is 12.1. The largest absolute Gasteiger partial charge is 0.362 e. The number of amides is 1. The van der Waals surface area contributed by atoms with Crippen molar-refractivity contribution in [1.82, 2.24) is 14.9 Å². The lowest BCUT2D eigenvalue weighted by Crippen LogP contribution is -2.31. The van der Waals surface area contributed by atoms with Crippen molar-refractivity contribution >= 4 is 5.91 Å². The van der Waals surface area contributed by atoms with Gasteiger partial charge < -0.3 is 14.9 Å². The monoisotopic (exact) mass is 301 g/mol. The van der Waals surface area contributed by atoms with Gasteiger partial charge in [0.25, 0.3) is 5.91 Å². The van der Waals surface area contributed by atoms with Crippen LogP contribution in [0, 0.1) is 13.8 Å². The summed E-state index contributed by atoms with van der Waals surface area (Å²) in [5, 5.41) is 2.72. The Labute approximate surface area is 127 Å². The van der Waals surface area contributed by atoms with Crippen LogP contribution in [0.4, 0.5) is 0 Å². The fourth-order valence-electron chi connectivity index (χ4n) is 2.32. The summed E-state index contributed by atoms with van der Waals surface area (Å²) < 4.78 is 1.58. The van der Waals surface area contributed by atoms with Crippen molar-refractivity contribution < 1.29 is 4.79 Å². The minimum atomic E-state index is -0.390. The molecule has 0 spiro atoms. The predicted molar refractivity (Wildman–Crippen MR) is 84.2 cm³/mol. The molecule has 0 saturated heterocycles. The summed E-state index contributed by atoms with van der Waals surface area (Å²) in [4.78, 5) is 38.4. The second kappa shape index (κ2) is 6.89. The molecule has 2 rings (SSSR count). The normalized spacial score (nSPS) is 10.5. The highest BCUT2D eigenvalue weighted by atomic mass is 16.2. The minimum Gasteiger partial charge on any atom is -0.362 e. The summed E-state index contributed by atoms with van der Waals surface area (Å²) >= 11 is 0. The standard InChI is InChI=1S/C16H19N3O3/c1-11-10-13(20)15(12(2)18-11)16(22)17-7-5-9-19-8-4-3-6-14(19)21/h3-4,6,8,10H,5,7,9H2,1-2H3,(H,17,22)(H,18,20). The van der Waals surface area contributed by atoms with E-state index in [1.807, 2.05) is 0 Å². The lowest BCUT2D eigenvalue weighted by atomic mass is 10.1. The molecule has 2 aromatic heterocycles. The quantitative estimate of drug-likeness (QED) is 0.807. The molecular weight excluding hydrogens is 282 g/mol. The SMILES string of the molecule is Cc1cc(=O)c(C(=O)NCCCn2ccccc2=O)c(C)[nH]1. The molecule has 116 valence electrons. The lowest BCUT2D eigenvalue weighted by molar-refractivity contribution is 0.0950. The summed E-state index contributed by atoms with van der Waals surface area (Å²) in [5.74, 6) is -0.390. The van der Waals surface area contributed by atoms with Crippen LogP contribution in [0.2, 0.25) is 0 Å². The number of rotatable bonds is 5. The molecule has 0 atom stereocenters. The zero-order valence-electron chi connectivity index (χ0n) is 12.7. The third-order valence-electron chi connectivity index (χ3n) is 3.34. The van der Waals surface area contributed by atoms with Crippen LogP contribution < -0.4 is 16.3 Å². The molecule has 0 bridgehead atoms. The molecule has 2 N–H and O–H groups in total. The molecule has 0 fully saturated rings. The Morgan fingerprint density at radius 3 is 2.73 bits per heavy atom. The van der Waals surface area contributed by atoms with Crippen LogP contribution in [0.25, 0.3) is 0 Å². The minimum absolute atomic E-state index is 0.0698. The molecule has 0 aliphatic carbocycles. The van der Waals surface area contributed by atoms with E-state index in [9.17, 15) is 14.4 Å². The number of aryl methyl sites for hydroxylation is 3. The average Bonchev–Trinajstić information content (AvgIpc) is 2.44. The van der Waals surface area contributed by atoms with Crippen LogP contribution >= 0.6 is 0 Å². The van der Waals surface area contributed by atoms with E-state index in [0.717, 1.165) is 5.69 Å². The van der Waals surface area contributed by atoms with E-state index in [4.69, 9.17) is 0 Å². The molecule has 6 heteroatoms. The topological polar surface area (TPSA) is 84.0 Å². The lowest BCUT2D eigenvalue weighted by Gasteiger charge is -2.09. The van der Waals surface area contributed by atoms with Crippen LogP contribution in [-0.2, 0) is 6.54 Å². The van der Waals surface area contributed by atoms with Crippen molar-refractivity contribution in [3.05, 3.63) is 68.0 Å². The fraction of sp³-hybridized carbons (Fsp3) is 0.312. The number of aromatic nitrogens is 2. The number of hydrogen-bond donors (Lipinski definition) is 2. The van der Waals surface area contributed by atoms with E-state index in [-0.39, 0.29) is 22.5 Å². The Bertz CT molecular complexity index is 790. The van der Waals surface area contributed by atoms with Crippen LogP contribution in [0.1, 0.15) is 28.2 Å². The molecule has 0 aromatic carbocycles. The van der Waals surface area contributed by atoms with Gasteiger partial charge in [-0.15, -0.1) is 0 Å². The second-order valence-corrected chi connectivity index (χ2v) is 5.16. The van der Waals surface area contributed by atoms with Gasteiger partial charge in [0.2, 0.25) is 5.56 Å². The molecule has 2 aromatic rings. The third kappa shape index (κ3) is 3.72. The van der Waals surface area contributed by atoms with E-state index in [1.165, 1.54) is 12.1 Å². The summed E-state index contributed by atoms with van der Waals surface area (Å²) in [6.45, 7) is 4.39. The van der Waals surface area contributed by atoms with Gasteiger partial charge in [-0.2, -0.15) is 0 Å². The number of hydrogen-bond acceptors (Lipinski definition) is 3. The smallest absolute Gasteiger partial charge is 0.257 e. The first-order valence-corrected chi connectivity index (χ1v) is 7.13. The molecule has 2 heterocycles. The molecular formula is C16H19N3O3. The van der Waals surface area contributed by atoms with Gasteiger partial charge in [0.05, 0.1) is 0 Å². The predicted octanol–water partition coefficient (Wildman–Crippen LogP) is 0.974. The van der Waals surface area contributed by atoms with E-state index in [0.29, 0.717) is 25.2 Å². The van der Waals surface area contributed by atoms with Crippen molar-refractivity contribution in [2.45, 2.75) is 26.8 Å². The molecule has 0 aliphatic rings. The van der Waals surface area contributed by atoms with Gasteiger partial charge in [-0.05, 0) is 26.3 Å². The van der Waals surface area contributed by atoms with E-state index < -0.39 is 0 Å². The van der Waals surface area contributed by atoms with E-state index >= 15 is 0 Å². The van der Waals surface area contributed by atoms with Crippen LogP contribution in [-0.4, -0.2) is 22.0 Å². The van der Waals surface area contributed by atoms with Gasteiger partial charge in [0, 0.05) is 42.8 Å². The Morgan fingerprint density at radius 1 is 1.27 bits per heavy atom. The Kier molecular flexibility index (Phi) is 4.93. The third-order valence-corrected chi connectivity index (χ3v) is 3.34. The fourth-order valence-corrected chi connectivity index (χ4v) is 2.32. The van der Waals surface area contributed by atoms with E-state index in [2.05, 4.69) is 10.3 Å². The Balaban J connectivity index is 1.93. The molecule has 0 radical (unpaired) electrons. The van der Waals surface area contributed by atoms with Gasteiger partial charge in [0.1, 0.15) is 5.56 Å². The number of carbonyl (C=O) groups is 1. The summed E-state index contributed by atoms with van der Waals surface area (Å²) in [6.07, 6.45) is 2.32. The molecule has 0 saturated carbocycles. The zero-order chi connectivity index (χ0) is 16.1. The number of aromatic amines is 1. The molecule has 0 unspecified atom stereocenters. The Hall–Kier alpha value is -2.63. The summed E-state index contributed by atoms with van der Waals surface area (Å²) in [7, 11) is 0. The van der Waals surface area contributed by atoms with Crippen molar-refractivity contribution in [3.8, 4) is 0 Å². The van der Waals surface area contributed by atoms with Gasteiger partial charge in [-0.1, -0.05) is 6.07 Å². The molecule has 22 heavy (non-hydrogen) atoms. The van der Waals surface area contributed by atoms with Crippen LogP contribution in [0.15, 0.2) is 40.1 Å². The van der Waals surface area contributed by atoms with E-state index in [1.54, 1.807) is 36.7 Å². The highest BCUT2D eigenvalue weighted by molar-refractivity contribution is 5.95. The van der Waals surface area contributed by atoms with Gasteiger partial charge in [0.15, 0.2) is 5.43 Å². The average molecular weight is 301 g/mol. The summed E-state index contributed by atoms with van der Waals surface area (Å²) in [5.41, 5.74) is 1.07. The number of carbonyl (C=O) groups excluding carboxylic acids is 1. The van der Waals surface area contributed by atoms with Crippen molar-refractivity contribution in [3.63, 3.8) is 0 Å². The highest BCUT2D eigenvalue weighted by Crippen LogP contribution is 2.00. The first-order valence-electron chi connectivity index (χ1n) is 7.13.